The Bertz CT molecular complexity index is 336. The second kappa shape index (κ2) is 5.69. The van der Waals surface area contributed by atoms with Crippen LogP contribution in [0.25, 0.3) is 0 Å². The predicted molar refractivity (Wildman–Crippen MR) is 58.5 cm³/mol. The van der Waals surface area contributed by atoms with Crippen molar-refractivity contribution in [2.75, 3.05) is 13.3 Å². The fourth-order valence-corrected chi connectivity index (χ4v) is 1.65. The summed E-state index contributed by atoms with van der Waals surface area (Å²) in [4.78, 5) is 12.7. The van der Waals surface area contributed by atoms with Gasteiger partial charge in [-0.05, 0) is 0 Å². The summed E-state index contributed by atoms with van der Waals surface area (Å²) in [7, 11) is 0. The molecule has 0 radical (unpaired) electrons. The van der Waals surface area contributed by atoms with E-state index in [1.165, 1.54) is 17.7 Å². The molecule has 5 atom stereocenters. The van der Waals surface area contributed by atoms with Gasteiger partial charge in [-0.3, -0.25) is 0 Å². The normalized spacial score (nSPS) is 40.2. The van der Waals surface area contributed by atoms with Gasteiger partial charge in [0.25, 0.3) is 0 Å². The minimum atomic E-state index is -1.47. The van der Waals surface area contributed by atoms with Crippen molar-refractivity contribution in [2.24, 2.45) is 9.98 Å². The third-order valence-electron chi connectivity index (χ3n) is 2.65. The van der Waals surface area contributed by atoms with E-state index in [0.717, 1.165) is 0 Å². The van der Waals surface area contributed by atoms with E-state index in [-0.39, 0.29) is 6.67 Å². The van der Waals surface area contributed by atoms with Crippen molar-refractivity contribution in [3.05, 3.63) is 0 Å². The molecule has 0 spiro atoms. The van der Waals surface area contributed by atoms with Crippen molar-refractivity contribution >= 4 is 12.7 Å². The number of aliphatic imine (C=N–C) groups is 2. The fourth-order valence-electron chi connectivity index (χ4n) is 1.65. The summed E-state index contributed by atoms with van der Waals surface area (Å²) >= 11 is 0. The maximum Gasteiger partial charge on any atom is 0.213 e. The molecule has 0 unspecified atom stereocenters. The summed E-state index contributed by atoms with van der Waals surface area (Å²) < 4.78 is 5.15. The smallest absolute Gasteiger partial charge is 0.213 e. The summed E-state index contributed by atoms with van der Waals surface area (Å²) in [5.74, 6) is 0. The molecular weight excluding hydrogens is 246 g/mol. The summed E-state index contributed by atoms with van der Waals surface area (Å²) in [6, 6.07) is 0. The number of hydrogen-bond donors (Lipinski definition) is 4. The van der Waals surface area contributed by atoms with Gasteiger partial charge in [0.2, 0.25) is 6.29 Å². The largest absolute Gasteiger partial charge is 0.394 e. The van der Waals surface area contributed by atoms with Crippen molar-refractivity contribution in [3.63, 3.8) is 0 Å². The molecular formula is C9H15N3O6. The molecule has 0 saturated carbocycles. The lowest BCUT2D eigenvalue weighted by atomic mass is 9.99. The van der Waals surface area contributed by atoms with Crippen molar-refractivity contribution in [1.29, 1.82) is 0 Å². The van der Waals surface area contributed by atoms with Gasteiger partial charge in [0.15, 0.2) is 0 Å². The van der Waals surface area contributed by atoms with Gasteiger partial charge >= 0.3 is 0 Å². The molecule has 0 aromatic carbocycles. The lowest BCUT2D eigenvalue weighted by Crippen LogP contribution is -2.60. The highest BCUT2D eigenvalue weighted by Crippen LogP contribution is 2.22. The van der Waals surface area contributed by atoms with Crippen LogP contribution in [-0.2, 0) is 9.57 Å². The fraction of sp³-hybridized carbons (Fsp3) is 0.778. The first kappa shape index (κ1) is 13.3. The van der Waals surface area contributed by atoms with E-state index in [1.807, 2.05) is 0 Å². The number of ether oxygens (including phenoxy) is 1. The second-order valence-electron chi connectivity index (χ2n) is 3.92. The number of hydrogen-bond acceptors (Lipinski definition) is 9. The minimum Gasteiger partial charge on any atom is -0.394 e. The third kappa shape index (κ3) is 2.66. The quantitative estimate of drug-likeness (QED) is 0.427. The molecule has 0 bridgehead atoms. The zero-order valence-corrected chi connectivity index (χ0v) is 9.40. The molecule has 0 aliphatic carbocycles. The molecule has 9 heteroatoms. The van der Waals surface area contributed by atoms with E-state index in [4.69, 9.17) is 14.7 Å². The minimum absolute atomic E-state index is 0.165. The van der Waals surface area contributed by atoms with E-state index in [2.05, 4.69) is 9.98 Å². The predicted octanol–water partition coefficient (Wildman–Crippen LogP) is -2.95. The molecule has 2 heterocycles. The highest BCUT2D eigenvalue weighted by molar-refractivity contribution is 5.72. The van der Waals surface area contributed by atoms with Crippen molar-refractivity contribution < 1.29 is 30.0 Å². The average Bonchev–Trinajstić information content (AvgIpc) is 2.40. The van der Waals surface area contributed by atoms with E-state index in [9.17, 15) is 15.3 Å². The number of nitrogens with zero attached hydrogens (tertiary/aromatic N) is 3. The maximum absolute atomic E-state index is 9.70. The lowest BCUT2D eigenvalue weighted by molar-refractivity contribution is -0.345. The van der Waals surface area contributed by atoms with Gasteiger partial charge < -0.3 is 25.2 Å². The Morgan fingerprint density at radius 3 is 2.67 bits per heavy atom. The molecule has 0 amide bonds. The van der Waals surface area contributed by atoms with Crippen LogP contribution >= 0.6 is 0 Å². The highest BCUT2D eigenvalue weighted by Gasteiger charge is 2.44. The van der Waals surface area contributed by atoms with E-state index < -0.39 is 37.3 Å². The van der Waals surface area contributed by atoms with Gasteiger partial charge in [0, 0.05) is 0 Å². The molecule has 1 fully saturated rings. The van der Waals surface area contributed by atoms with Crippen LogP contribution in [0.4, 0.5) is 0 Å². The average molecular weight is 261 g/mol. The number of hydroxylamine groups is 2. The van der Waals surface area contributed by atoms with Crippen molar-refractivity contribution in [3.8, 4) is 0 Å². The van der Waals surface area contributed by atoms with Crippen LogP contribution in [0.2, 0.25) is 0 Å². The molecule has 2 aliphatic heterocycles. The lowest BCUT2D eigenvalue weighted by Gasteiger charge is -2.40. The van der Waals surface area contributed by atoms with E-state index in [0.29, 0.717) is 0 Å². The van der Waals surface area contributed by atoms with Crippen LogP contribution in [-0.4, -0.2) is 82.1 Å². The first-order chi connectivity index (χ1) is 8.63. The Labute approximate surface area is 103 Å². The summed E-state index contributed by atoms with van der Waals surface area (Å²) in [6.07, 6.45) is -3.87. The third-order valence-corrected chi connectivity index (χ3v) is 2.65. The van der Waals surface area contributed by atoms with E-state index in [1.54, 1.807) is 0 Å². The molecule has 102 valence electrons. The Morgan fingerprint density at radius 2 is 2.06 bits per heavy atom. The van der Waals surface area contributed by atoms with Crippen molar-refractivity contribution in [1.82, 2.24) is 5.06 Å². The topological polar surface area (TPSA) is 127 Å². The molecule has 2 rings (SSSR count). The molecule has 18 heavy (non-hydrogen) atoms. The SMILES string of the molecule is OC[C@H]1O[C@H](ON2C=NC=NC2)[C@H](O)[C@@H](O)[C@@H]1O. The summed E-state index contributed by atoms with van der Waals surface area (Å²) in [5.41, 5.74) is 0. The van der Waals surface area contributed by atoms with Crippen LogP contribution in [0, 0.1) is 0 Å². The second-order valence-corrected chi connectivity index (χ2v) is 3.92. The molecule has 0 aromatic rings. The molecule has 9 nitrogen and oxygen atoms in total. The summed E-state index contributed by atoms with van der Waals surface area (Å²) in [5, 5.41) is 39.0. The van der Waals surface area contributed by atoms with Gasteiger partial charge in [-0.25, -0.2) is 19.9 Å². The van der Waals surface area contributed by atoms with Crippen molar-refractivity contribution in [2.45, 2.75) is 30.7 Å². The van der Waals surface area contributed by atoms with Crippen LogP contribution in [0.15, 0.2) is 9.98 Å². The maximum atomic E-state index is 9.70. The summed E-state index contributed by atoms with van der Waals surface area (Å²) in [6.45, 7) is -0.338. The highest BCUT2D eigenvalue weighted by atomic mass is 16.8. The Hall–Kier alpha value is -1.10. The Balaban J connectivity index is 1.98. The molecule has 2 aliphatic rings. The molecule has 0 aromatic heterocycles. The molecule has 4 N–H and O–H groups in total. The van der Waals surface area contributed by atoms with Crippen LogP contribution in [0.3, 0.4) is 0 Å². The molecule has 1 saturated heterocycles. The monoisotopic (exact) mass is 261 g/mol. The Kier molecular flexibility index (Phi) is 4.22. The Morgan fingerprint density at radius 1 is 1.28 bits per heavy atom. The number of aliphatic hydroxyl groups is 4. The van der Waals surface area contributed by atoms with Crippen LogP contribution in [0.5, 0.6) is 0 Å². The van der Waals surface area contributed by atoms with E-state index >= 15 is 0 Å². The zero-order chi connectivity index (χ0) is 13.1. The van der Waals surface area contributed by atoms with Gasteiger partial charge in [-0.1, -0.05) is 0 Å². The first-order valence-electron chi connectivity index (χ1n) is 5.39. The first-order valence-corrected chi connectivity index (χ1v) is 5.39. The zero-order valence-electron chi connectivity index (χ0n) is 9.40. The van der Waals surface area contributed by atoms with Crippen LogP contribution in [0.1, 0.15) is 0 Å². The van der Waals surface area contributed by atoms with Crippen LogP contribution < -0.4 is 0 Å². The van der Waals surface area contributed by atoms with Gasteiger partial charge in [-0.15, -0.1) is 0 Å². The standard InChI is InChI=1S/C9H15N3O6/c13-1-5-6(14)7(15)8(16)9(17-5)18-12-3-10-2-11-4-12/h2-3,5-9,13-16H,1,4H2/t5-,6-,7+,8-,9-/m1/s1. The van der Waals surface area contributed by atoms with Gasteiger partial charge in [-0.2, -0.15) is 0 Å². The number of aliphatic hydroxyl groups excluding tert-OH is 4. The van der Waals surface area contributed by atoms with Gasteiger partial charge in [0.05, 0.1) is 6.61 Å². The van der Waals surface area contributed by atoms with Gasteiger partial charge in [0.1, 0.15) is 43.8 Å². The number of rotatable bonds is 3.